The molecule has 23 heavy (non-hydrogen) atoms. The Kier molecular flexibility index (Phi) is 4.51. The molecule has 1 aromatic carbocycles. The molecule has 0 aliphatic carbocycles. The van der Waals surface area contributed by atoms with Crippen LogP contribution >= 0.6 is 11.6 Å². The molecule has 0 fully saturated rings. The van der Waals surface area contributed by atoms with E-state index in [4.69, 9.17) is 11.6 Å². The predicted molar refractivity (Wildman–Crippen MR) is 84.4 cm³/mol. The van der Waals surface area contributed by atoms with Crippen LogP contribution in [0.3, 0.4) is 0 Å². The Balaban J connectivity index is 2.01. The first-order valence-electron chi connectivity index (χ1n) is 6.54. The number of rotatable bonds is 4. The minimum absolute atomic E-state index is 0.143. The van der Waals surface area contributed by atoms with Crippen LogP contribution in [0.4, 0.5) is 4.39 Å². The van der Waals surface area contributed by atoms with E-state index >= 15 is 0 Å². The molecule has 3 aromatic rings. The van der Waals surface area contributed by atoms with Crippen molar-refractivity contribution in [3.05, 3.63) is 65.6 Å². The van der Waals surface area contributed by atoms with Gasteiger partial charge in [-0.15, -0.1) is 0 Å². The number of pyridine rings is 1. The van der Waals surface area contributed by atoms with Crippen LogP contribution in [0.2, 0.25) is 5.15 Å². The highest BCUT2D eigenvalue weighted by Gasteiger charge is 2.13. The fourth-order valence-corrected chi connectivity index (χ4v) is 2.81. The second-order valence-electron chi connectivity index (χ2n) is 4.72. The van der Waals surface area contributed by atoms with Crippen LogP contribution in [0.15, 0.2) is 48.9 Å². The Morgan fingerprint density at radius 3 is 2.52 bits per heavy atom. The van der Waals surface area contributed by atoms with Crippen LogP contribution in [-0.2, 0) is 16.8 Å². The summed E-state index contributed by atoms with van der Waals surface area (Å²) in [5, 5.41) is 0.279. The first-order valence-corrected chi connectivity index (χ1v) is 8.17. The lowest BCUT2D eigenvalue weighted by atomic mass is 10.1. The Morgan fingerprint density at radius 1 is 1.17 bits per heavy atom. The molecule has 2 heterocycles. The number of benzene rings is 1. The van der Waals surface area contributed by atoms with E-state index in [1.807, 2.05) is 0 Å². The molecule has 0 aliphatic rings. The van der Waals surface area contributed by atoms with Crippen molar-refractivity contribution in [2.45, 2.75) is 5.75 Å². The summed E-state index contributed by atoms with van der Waals surface area (Å²) in [5.74, 6) is -0.483. The van der Waals surface area contributed by atoms with Crippen molar-refractivity contribution in [3.63, 3.8) is 0 Å². The molecule has 0 N–H and O–H groups in total. The van der Waals surface area contributed by atoms with Gasteiger partial charge < -0.3 is 4.55 Å². The van der Waals surface area contributed by atoms with Gasteiger partial charge in [0.25, 0.3) is 0 Å². The van der Waals surface area contributed by atoms with Crippen LogP contribution in [0.1, 0.15) is 5.69 Å². The highest BCUT2D eigenvalue weighted by atomic mass is 35.5. The molecule has 0 spiro atoms. The van der Waals surface area contributed by atoms with Gasteiger partial charge in [0, 0.05) is 5.56 Å². The molecule has 0 aliphatic heterocycles. The second kappa shape index (κ2) is 6.57. The molecule has 2 aromatic heterocycles. The Morgan fingerprint density at radius 2 is 1.91 bits per heavy atom. The summed E-state index contributed by atoms with van der Waals surface area (Å²) >= 11 is 3.95. The maximum Gasteiger partial charge on any atom is 0.155 e. The topological polar surface area (TPSA) is 70.8 Å². The van der Waals surface area contributed by atoms with Gasteiger partial charge in [-0.25, -0.2) is 9.37 Å². The minimum Gasteiger partial charge on any atom is -0.772 e. The van der Waals surface area contributed by atoms with Gasteiger partial charge >= 0.3 is 0 Å². The second-order valence-corrected chi connectivity index (χ2v) is 5.97. The average Bonchev–Trinajstić information content (AvgIpc) is 2.90. The molecule has 1 atom stereocenters. The van der Waals surface area contributed by atoms with Crippen molar-refractivity contribution in [2.75, 3.05) is 0 Å². The summed E-state index contributed by atoms with van der Waals surface area (Å²) in [6, 6.07) is 9.24. The lowest BCUT2D eigenvalue weighted by Crippen LogP contribution is -2.00. The molecule has 0 radical (unpaired) electrons. The Hall–Kier alpha value is -2.09. The SMILES string of the molecule is O=S([O-])Cc1ccc(-n2cnc(Cl)c2-c2ccc(F)cc2)cn1. The van der Waals surface area contributed by atoms with E-state index in [2.05, 4.69) is 9.97 Å². The van der Waals surface area contributed by atoms with Crippen molar-refractivity contribution >= 4 is 22.7 Å². The fraction of sp³-hybridized carbons (Fsp3) is 0.0667. The highest BCUT2D eigenvalue weighted by molar-refractivity contribution is 7.78. The lowest BCUT2D eigenvalue weighted by molar-refractivity contribution is 0.535. The number of aromatic nitrogens is 3. The first kappa shape index (κ1) is 15.8. The molecular weight excluding hydrogens is 341 g/mol. The minimum atomic E-state index is -2.19. The van der Waals surface area contributed by atoms with Crippen LogP contribution in [0, 0.1) is 5.82 Å². The maximum absolute atomic E-state index is 13.1. The molecule has 0 saturated heterocycles. The Labute approximate surface area is 139 Å². The van der Waals surface area contributed by atoms with E-state index in [1.165, 1.54) is 24.7 Å². The zero-order valence-electron chi connectivity index (χ0n) is 11.6. The molecule has 8 heteroatoms. The Bertz CT molecular complexity index is 850. The average molecular weight is 351 g/mol. The van der Waals surface area contributed by atoms with E-state index < -0.39 is 11.1 Å². The summed E-state index contributed by atoms with van der Waals surface area (Å²) in [4.78, 5) is 8.18. The lowest BCUT2D eigenvalue weighted by Gasteiger charge is -2.10. The molecule has 0 saturated carbocycles. The van der Waals surface area contributed by atoms with E-state index in [0.717, 1.165) is 0 Å². The third-order valence-electron chi connectivity index (χ3n) is 3.19. The number of halogens is 2. The van der Waals surface area contributed by atoms with Gasteiger partial charge in [-0.05, 0) is 47.5 Å². The van der Waals surface area contributed by atoms with Crippen molar-refractivity contribution < 1.29 is 13.2 Å². The normalized spacial score (nSPS) is 12.3. The summed E-state index contributed by atoms with van der Waals surface area (Å²) in [5.41, 5.74) is 2.42. The van der Waals surface area contributed by atoms with Crippen LogP contribution in [-0.4, -0.2) is 23.3 Å². The van der Waals surface area contributed by atoms with Crippen molar-refractivity contribution in [2.24, 2.45) is 0 Å². The monoisotopic (exact) mass is 350 g/mol. The van der Waals surface area contributed by atoms with Gasteiger partial charge in [0.2, 0.25) is 0 Å². The van der Waals surface area contributed by atoms with E-state index in [9.17, 15) is 13.2 Å². The van der Waals surface area contributed by atoms with Gasteiger partial charge in [-0.1, -0.05) is 11.6 Å². The number of hydrogen-bond donors (Lipinski definition) is 0. The summed E-state index contributed by atoms with van der Waals surface area (Å²) in [6.07, 6.45) is 3.07. The molecule has 1 unspecified atom stereocenters. The van der Waals surface area contributed by atoms with Gasteiger partial charge in [0.05, 0.1) is 29.0 Å². The van der Waals surface area contributed by atoms with Gasteiger partial charge in [0.15, 0.2) is 5.15 Å². The van der Waals surface area contributed by atoms with E-state index in [1.54, 1.807) is 28.8 Å². The molecule has 0 amide bonds. The van der Waals surface area contributed by atoms with Gasteiger partial charge in [-0.2, -0.15) is 0 Å². The van der Waals surface area contributed by atoms with E-state index in [-0.39, 0.29) is 16.7 Å². The van der Waals surface area contributed by atoms with Crippen molar-refractivity contribution in [1.29, 1.82) is 0 Å². The van der Waals surface area contributed by atoms with Crippen LogP contribution in [0.25, 0.3) is 16.9 Å². The highest BCUT2D eigenvalue weighted by Crippen LogP contribution is 2.29. The van der Waals surface area contributed by atoms with Gasteiger partial charge in [0.1, 0.15) is 12.1 Å². The smallest absolute Gasteiger partial charge is 0.155 e. The van der Waals surface area contributed by atoms with Gasteiger partial charge in [-0.3, -0.25) is 13.8 Å². The number of nitrogens with zero attached hydrogens (tertiary/aromatic N) is 3. The first-order chi connectivity index (χ1) is 11.0. The largest absolute Gasteiger partial charge is 0.772 e. The van der Waals surface area contributed by atoms with Crippen LogP contribution < -0.4 is 0 Å². The van der Waals surface area contributed by atoms with Crippen molar-refractivity contribution in [3.8, 4) is 16.9 Å². The van der Waals surface area contributed by atoms with Crippen LogP contribution in [0.5, 0.6) is 0 Å². The molecule has 0 bridgehead atoms. The zero-order valence-corrected chi connectivity index (χ0v) is 13.2. The maximum atomic E-state index is 13.1. The zero-order chi connectivity index (χ0) is 16.4. The molecular formula is C15H10ClFN3O2S-. The molecule has 118 valence electrons. The third kappa shape index (κ3) is 3.47. The third-order valence-corrected chi connectivity index (χ3v) is 4.00. The molecule has 3 rings (SSSR count). The predicted octanol–water partition coefficient (Wildman–Crippen LogP) is 3.11. The van der Waals surface area contributed by atoms with E-state index in [0.29, 0.717) is 22.6 Å². The van der Waals surface area contributed by atoms with Crippen molar-refractivity contribution in [1.82, 2.24) is 14.5 Å². The number of hydrogen-bond acceptors (Lipinski definition) is 4. The molecule has 5 nitrogen and oxygen atoms in total. The summed E-state index contributed by atoms with van der Waals surface area (Å²) < 4.78 is 36.2. The summed E-state index contributed by atoms with van der Waals surface area (Å²) in [6.45, 7) is 0. The standard InChI is InChI=1S/C15H11ClFN3O2S/c16-15-14(10-1-3-11(17)4-2-10)20(9-19-15)13-6-5-12(18-7-13)8-23(21)22/h1-7,9H,8H2,(H,21,22)/p-1. The fourth-order valence-electron chi connectivity index (χ4n) is 2.15. The number of imidazole rings is 1. The summed E-state index contributed by atoms with van der Waals surface area (Å²) in [7, 11) is 0. The quantitative estimate of drug-likeness (QED) is 0.678.